The zero-order valence-electron chi connectivity index (χ0n) is 17.4. The van der Waals surface area contributed by atoms with Crippen LogP contribution in [0.25, 0.3) is 11.0 Å². The summed E-state index contributed by atoms with van der Waals surface area (Å²) in [5.74, 6) is 1.36. The van der Waals surface area contributed by atoms with Crippen LogP contribution < -0.4 is 15.7 Å². The monoisotopic (exact) mass is 455 g/mol. The van der Waals surface area contributed by atoms with E-state index in [0.717, 1.165) is 43.8 Å². The van der Waals surface area contributed by atoms with Gasteiger partial charge in [0.05, 0.1) is 0 Å². The molecule has 1 saturated heterocycles. The molecule has 0 amide bonds. The molecule has 2 atom stereocenters. The normalized spacial score (nSPS) is 22.9. The lowest BCUT2D eigenvalue weighted by atomic mass is 10.0. The van der Waals surface area contributed by atoms with Gasteiger partial charge < -0.3 is 4.74 Å². The summed E-state index contributed by atoms with van der Waals surface area (Å²) < 4.78 is 21.5. The molecule has 3 heterocycles. The third kappa shape index (κ3) is 3.61. The molecule has 0 spiro atoms. The fourth-order valence-corrected chi connectivity index (χ4v) is 5.20. The summed E-state index contributed by atoms with van der Waals surface area (Å²) in [6, 6.07) is 5.74. The Morgan fingerprint density at radius 1 is 1.09 bits per heavy atom. The molecule has 166 valence electrons. The number of benzene rings is 1. The van der Waals surface area contributed by atoms with Gasteiger partial charge in [0.1, 0.15) is 5.65 Å². The summed E-state index contributed by atoms with van der Waals surface area (Å²) in [7, 11) is 0. The predicted octanol–water partition coefficient (Wildman–Crippen LogP) is 4.77. The lowest BCUT2D eigenvalue weighted by molar-refractivity contribution is 0.369. The summed E-state index contributed by atoms with van der Waals surface area (Å²) >= 11 is 5.82. The average Bonchev–Trinajstić information content (AvgIpc) is 3.38. The zero-order chi connectivity index (χ0) is 21.8. The van der Waals surface area contributed by atoms with Gasteiger partial charge >= 0.3 is 0 Å². The number of hydrogen-bond donors (Lipinski definition) is 1. The van der Waals surface area contributed by atoms with Crippen LogP contribution >= 0.6 is 11.6 Å². The van der Waals surface area contributed by atoms with E-state index in [0.29, 0.717) is 17.0 Å². The molecular formula is C23H23ClFN5O2. The first kappa shape index (κ1) is 19.9. The highest BCUT2D eigenvalue weighted by atomic mass is 35.5. The summed E-state index contributed by atoms with van der Waals surface area (Å²) in [4.78, 5) is 22.4. The first-order chi connectivity index (χ1) is 15.5. The lowest BCUT2D eigenvalue weighted by Crippen LogP contribution is -2.29. The number of rotatable bonds is 5. The van der Waals surface area contributed by atoms with E-state index in [-0.39, 0.29) is 28.1 Å². The van der Waals surface area contributed by atoms with Crippen LogP contribution in [-0.2, 0) is 0 Å². The summed E-state index contributed by atoms with van der Waals surface area (Å²) in [5.41, 5.74) is 3.58. The number of fused-ring (bicyclic) bond motifs is 2. The van der Waals surface area contributed by atoms with Crippen molar-refractivity contribution in [2.24, 2.45) is 11.8 Å². The Morgan fingerprint density at radius 2 is 1.88 bits per heavy atom. The van der Waals surface area contributed by atoms with Crippen molar-refractivity contribution in [3.63, 3.8) is 0 Å². The number of ether oxygens (including phenoxy) is 1. The molecule has 3 aromatic rings. The van der Waals surface area contributed by atoms with Gasteiger partial charge in [-0.05, 0) is 61.8 Å². The van der Waals surface area contributed by atoms with Crippen LogP contribution in [0.3, 0.4) is 0 Å². The Bertz CT molecular complexity index is 1250. The number of aromatic nitrogens is 3. The third-order valence-corrected chi connectivity index (χ3v) is 6.99. The van der Waals surface area contributed by atoms with Gasteiger partial charge in [-0.25, -0.2) is 14.4 Å². The van der Waals surface area contributed by atoms with Crippen molar-refractivity contribution in [3.05, 3.63) is 51.7 Å². The van der Waals surface area contributed by atoms with Crippen LogP contribution in [0.15, 0.2) is 35.3 Å². The summed E-state index contributed by atoms with van der Waals surface area (Å²) in [6.45, 7) is 2.00. The Hall–Kier alpha value is -2.71. The average molecular weight is 456 g/mol. The molecule has 3 fully saturated rings. The SMILES string of the molecule is O=c1c(Oc2ccc(Cl)cc2F)cc2cnc(NN3CC4CCC[C@@H]4C3)nc2n1C1CC1. The molecule has 2 aliphatic carbocycles. The van der Waals surface area contributed by atoms with Gasteiger partial charge in [-0.3, -0.25) is 14.8 Å². The van der Waals surface area contributed by atoms with E-state index in [1.54, 1.807) is 16.8 Å². The maximum Gasteiger partial charge on any atom is 0.295 e. The molecule has 1 N–H and O–H groups in total. The fourth-order valence-electron chi connectivity index (χ4n) is 5.04. The van der Waals surface area contributed by atoms with Gasteiger partial charge in [0.15, 0.2) is 17.3 Å². The maximum absolute atomic E-state index is 14.2. The van der Waals surface area contributed by atoms with Crippen molar-refractivity contribution < 1.29 is 9.13 Å². The highest BCUT2D eigenvalue weighted by molar-refractivity contribution is 6.30. The minimum absolute atomic E-state index is 0.0438. The van der Waals surface area contributed by atoms with Gasteiger partial charge in [-0.1, -0.05) is 18.0 Å². The molecule has 32 heavy (non-hydrogen) atoms. The van der Waals surface area contributed by atoms with Crippen molar-refractivity contribution in [1.82, 2.24) is 19.5 Å². The molecule has 1 unspecified atom stereocenters. The van der Waals surface area contributed by atoms with Crippen molar-refractivity contribution >= 4 is 28.6 Å². The first-order valence-corrected chi connectivity index (χ1v) is 11.5. The minimum Gasteiger partial charge on any atom is -0.448 e. The number of nitrogens with one attached hydrogen (secondary N) is 1. The van der Waals surface area contributed by atoms with E-state index < -0.39 is 5.82 Å². The van der Waals surface area contributed by atoms with E-state index in [1.807, 2.05) is 0 Å². The van der Waals surface area contributed by atoms with Gasteiger partial charge in [0, 0.05) is 35.7 Å². The molecule has 1 aromatic carbocycles. The Balaban J connectivity index is 1.34. The van der Waals surface area contributed by atoms with E-state index in [2.05, 4.69) is 20.4 Å². The molecule has 2 aromatic heterocycles. The molecule has 0 radical (unpaired) electrons. The molecule has 9 heteroatoms. The zero-order valence-corrected chi connectivity index (χ0v) is 18.2. The molecular weight excluding hydrogens is 433 g/mol. The summed E-state index contributed by atoms with van der Waals surface area (Å²) in [5, 5.41) is 3.12. The van der Waals surface area contributed by atoms with Gasteiger partial charge in [0.2, 0.25) is 5.95 Å². The number of anilines is 1. The number of pyridine rings is 1. The number of hydrogen-bond acceptors (Lipinski definition) is 6. The molecule has 1 aliphatic heterocycles. The Morgan fingerprint density at radius 3 is 2.59 bits per heavy atom. The van der Waals surface area contributed by atoms with Crippen LogP contribution in [0.2, 0.25) is 5.02 Å². The topological polar surface area (TPSA) is 72.3 Å². The number of hydrazine groups is 1. The van der Waals surface area contributed by atoms with Crippen LogP contribution in [0.4, 0.5) is 10.3 Å². The third-order valence-electron chi connectivity index (χ3n) is 6.75. The van der Waals surface area contributed by atoms with Gasteiger partial charge in [0.25, 0.3) is 5.56 Å². The van der Waals surface area contributed by atoms with Crippen molar-refractivity contribution in [3.8, 4) is 11.5 Å². The highest BCUT2D eigenvalue weighted by Gasteiger charge is 2.36. The molecule has 0 bridgehead atoms. The fraction of sp³-hybridized carbons (Fsp3) is 0.435. The van der Waals surface area contributed by atoms with Crippen molar-refractivity contribution in [2.75, 3.05) is 18.5 Å². The Labute approximate surface area is 189 Å². The minimum atomic E-state index is -0.624. The second kappa shape index (κ2) is 7.71. The maximum atomic E-state index is 14.2. The molecule has 2 saturated carbocycles. The van der Waals surface area contributed by atoms with E-state index in [4.69, 9.17) is 16.3 Å². The van der Waals surface area contributed by atoms with E-state index in [1.165, 1.54) is 31.4 Å². The van der Waals surface area contributed by atoms with Gasteiger partial charge in [-0.2, -0.15) is 4.98 Å². The smallest absolute Gasteiger partial charge is 0.295 e. The Kier molecular flexibility index (Phi) is 4.80. The van der Waals surface area contributed by atoms with Crippen LogP contribution in [0.5, 0.6) is 11.5 Å². The largest absolute Gasteiger partial charge is 0.448 e. The number of halogens is 2. The molecule has 3 aliphatic rings. The second-order valence-electron chi connectivity index (χ2n) is 9.03. The van der Waals surface area contributed by atoms with Crippen LogP contribution in [0.1, 0.15) is 38.1 Å². The van der Waals surface area contributed by atoms with Crippen LogP contribution in [-0.4, -0.2) is 32.6 Å². The first-order valence-electron chi connectivity index (χ1n) is 11.1. The predicted molar refractivity (Wildman–Crippen MR) is 120 cm³/mol. The van der Waals surface area contributed by atoms with E-state index >= 15 is 0 Å². The standard InChI is InChI=1S/C23H23ClFN5O2/c24-16-4-7-19(18(25)9-16)32-20-8-15-10-26-23(27-21(15)30(22(20)31)17-5-6-17)28-29-11-13-2-1-3-14(13)12-29/h4,7-10,13-14,17H,1-3,5-6,11-12H2,(H,26,27,28)/t13-,14?/m1/s1. The van der Waals surface area contributed by atoms with E-state index in [9.17, 15) is 9.18 Å². The molecule has 7 nitrogen and oxygen atoms in total. The quantitative estimate of drug-likeness (QED) is 0.597. The van der Waals surface area contributed by atoms with Gasteiger partial charge in [-0.15, -0.1) is 0 Å². The number of nitrogens with zero attached hydrogens (tertiary/aromatic N) is 4. The lowest BCUT2D eigenvalue weighted by Gasteiger charge is -2.19. The summed E-state index contributed by atoms with van der Waals surface area (Å²) in [6.07, 6.45) is 7.39. The van der Waals surface area contributed by atoms with Crippen LogP contribution in [0, 0.1) is 17.7 Å². The molecule has 6 rings (SSSR count). The van der Waals surface area contributed by atoms with Crippen molar-refractivity contribution in [1.29, 1.82) is 0 Å². The highest BCUT2D eigenvalue weighted by Crippen LogP contribution is 2.38. The second-order valence-corrected chi connectivity index (χ2v) is 9.47. The van der Waals surface area contributed by atoms with Crippen molar-refractivity contribution in [2.45, 2.75) is 38.1 Å².